The van der Waals surface area contributed by atoms with Gasteiger partial charge in [-0.05, 0) is 19.1 Å². The lowest BCUT2D eigenvalue weighted by molar-refractivity contribution is 0.101. The molecule has 0 atom stereocenters. The minimum absolute atomic E-state index is 0.136. The SMILES string of the molecule is CC(=O)c1cccc(NC(=O)c2c[nH]c(=O)[nH]c2=O)c1. The van der Waals surface area contributed by atoms with E-state index in [4.69, 9.17) is 0 Å². The number of rotatable bonds is 3. The van der Waals surface area contributed by atoms with Crippen LogP contribution in [0.5, 0.6) is 0 Å². The van der Waals surface area contributed by atoms with Crippen molar-refractivity contribution in [2.75, 3.05) is 5.32 Å². The highest BCUT2D eigenvalue weighted by Gasteiger charge is 2.11. The van der Waals surface area contributed by atoms with E-state index in [1.165, 1.54) is 13.0 Å². The standard InChI is InChI=1S/C13H11N3O4/c1-7(17)8-3-2-4-9(5-8)15-11(18)10-6-14-13(20)16-12(10)19/h2-6H,1H3,(H,15,18)(H2,14,16,19,20). The maximum absolute atomic E-state index is 11.9. The van der Waals surface area contributed by atoms with E-state index >= 15 is 0 Å². The van der Waals surface area contributed by atoms with E-state index in [0.717, 1.165) is 6.20 Å². The van der Waals surface area contributed by atoms with Gasteiger partial charge < -0.3 is 10.3 Å². The average molecular weight is 273 g/mol. The summed E-state index contributed by atoms with van der Waals surface area (Å²) in [4.78, 5) is 49.6. The third-order valence-electron chi connectivity index (χ3n) is 2.59. The molecule has 2 aromatic rings. The summed E-state index contributed by atoms with van der Waals surface area (Å²) in [5, 5.41) is 2.48. The Hall–Kier alpha value is -2.96. The van der Waals surface area contributed by atoms with Crippen LogP contribution in [0.15, 0.2) is 40.1 Å². The Morgan fingerprint density at radius 1 is 1.20 bits per heavy atom. The number of ketones is 1. The maximum atomic E-state index is 11.9. The van der Waals surface area contributed by atoms with Crippen molar-refractivity contribution >= 4 is 17.4 Å². The molecule has 0 spiro atoms. The van der Waals surface area contributed by atoms with Crippen molar-refractivity contribution in [3.63, 3.8) is 0 Å². The molecule has 1 amide bonds. The first-order valence-corrected chi connectivity index (χ1v) is 5.72. The van der Waals surface area contributed by atoms with Crippen LogP contribution < -0.4 is 16.6 Å². The molecule has 0 aliphatic rings. The second kappa shape index (κ2) is 5.35. The highest BCUT2D eigenvalue weighted by atomic mass is 16.2. The Balaban J connectivity index is 2.28. The van der Waals surface area contributed by atoms with Gasteiger partial charge in [0.05, 0.1) is 0 Å². The predicted octanol–water partition coefficient (Wildman–Crippen LogP) is 0.518. The largest absolute Gasteiger partial charge is 0.325 e. The Labute approximate surface area is 112 Å². The van der Waals surface area contributed by atoms with Crippen LogP contribution in [0.4, 0.5) is 5.69 Å². The third kappa shape index (κ3) is 2.89. The van der Waals surface area contributed by atoms with Gasteiger partial charge in [-0.15, -0.1) is 0 Å². The quantitative estimate of drug-likeness (QED) is 0.707. The van der Waals surface area contributed by atoms with Crippen molar-refractivity contribution in [2.24, 2.45) is 0 Å². The summed E-state index contributed by atoms with van der Waals surface area (Å²) in [7, 11) is 0. The van der Waals surface area contributed by atoms with E-state index in [1.54, 1.807) is 18.2 Å². The number of carbonyl (C=O) groups is 2. The van der Waals surface area contributed by atoms with Crippen molar-refractivity contribution < 1.29 is 9.59 Å². The third-order valence-corrected chi connectivity index (χ3v) is 2.59. The van der Waals surface area contributed by atoms with Crippen molar-refractivity contribution in [3.05, 3.63) is 62.4 Å². The summed E-state index contributed by atoms with van der Waals surface area (Å²) < 4.78 is 0. The molecule has 1 heterocycles. The van der Waals surface area contributed by atoms with Crippen LogP contribution in [0.2, 0.25) is 0 Å². The number of nitrogens with one attached hydrogen (secondary N) is 3. The predicted molar refractivity (Wildman–Crippen MR) is 72.1 cm³/mol. The van der Waals surface area contributed by atoms with Gasteiger partial charge in [0.2, 0.25) is 0 Å². The van der Waals surface area contributed by atoms with Crippen LogP contribution in [0, 0.1) is 0 Å². The van der Waals surface area contributed by atoms with Gasteiger partial charge in [0.1, 0.15) is 5.56 Å². The van der Waals surface area contributed by atoms with Crippen molar-refractivity contribution in [1.29, 1.82) is 0 Å². The molecule has 1 aromatic heterocycles. The first-order valence-electron chi connectivity index (χ1n) is 5.72. The van der Waals surface area contributed by atoms with Gasteiger partial charge >= 0.3 is 5.69 Å². The van der Waals surface area contributed by atoms with Gasteiger partial charge in [-0.3, -0.25) is 19.4 Å². The van der Waals surface area contributed by atoms with Crippen LogP contribution in [0.25, 0.3) is 0 Å². The number of benzene rings is 1. The Morgan fingerprint density at radius 2 is 1.95 bits per heavy atom. The highest BCUT2D eigenvalue weighted by Crippen LogP contribution is 2.11. The fourth-order valence-electron chi connectivity index (χ4n) is 1.59. The minimum atomic E-state index is -0.783. The monoisotopic (exact) mass is 273 g/mol. The fraction of sp³-hybridized carbons (Fsp3) is 0.0769. The van der Waals surface area contributed by atoms with Crippen molar-refractivity contribution in [3.8, 4) is 0 Å². The molecule has 0 aliphatic carbocycles. The molecule has 3 N–H and O–H groups in total. The second-order valence-electron chi connectivity index (χ2n) is 4.08. The molecular formula is C13H11N3O4. The molecule has 0 saturated heterocycles. The molecule has 0 saturated carbocycles. The molecule has 0 bridgehead atoms. The second-order valence-corrected chi connectivity index (χ2v) is 4.08. The lowest BCUT2D eigenvalue weighted by atomic mass is 10.1. The first kappa shape index (κ1) is 13.5. The fourth-order valence-corrected chi connectivity index (χ4v) is 1.59. The summed E-state index contributed by atoms with van der Waals surface area (Å²) in [6.45, 7) is 1.41. The Morgan fingerprint density at radius 3 is 2.60 bits per heavy atom. The Bertz CT molecular complexity index is 788. The normalized spacial score (nSPS) is 10.1. The molecule has 0 unspecified atom stereocenters. The van der Waals surface area contributed by atoms with Crippen molar-refractivity contribution in [1.82, 2.24) is 9.97 Å². The molecule has 7 nitrogen and oxygen atoms in total. The van der Waals surface area contributed by atoms with Gasteiger partial charge in [-0.25, -0.2) is 4.79 Å². The zero-order valence-electron chi connectivity index (χ0n) is 10.5. The average Bonchev–Trinajstić information content (AvgIpc) is 2.38. The highest BCUT2D eigenvalue weighted by molar-refractivity contribution is 6.04. The van der Waals surface area contributed by atoms with Gasteiger partial charge in [0, 0.05) is 17.4 Å². The topological polar surface area (TPSA) is 112 Å². The lowest BCUT2D eigenvalue weighted by Gasteiger charge is -2.05. The lowest BCUT2D eigenvalue weighted by Crippen LogP contribution is -2.29. The number of hydrogen-bond acceptors (Lipinski definition) is 4. The number of carbonyl (C=O) groups excluding carboxylic acids is 2. The number of Topliss-reactive ketones (excluding diaryl/α,β-unsaturated/α-hetero) is 1. The Kier molecular flexibility index (Phi) is 3.60. The molecule has 7 heteroatoms. The zero-order chi connectivity index (χ0) is 14.7. The van der Waals surface area contributed by atoms with Gasteiger partial charge in [0.15, 0.2) is 5.78 Å². The molecule has 2 rings (SSSR count). The van der Waals surface area contributed by atoms with E-state index in [-0.39, 0.29) is 11.3 Å². The van der Waals surface area contributed by atoms with E-state index in [9.17, 15) is 19.2 Å². The number of aromatic amines is 2. The first-order chi connectivity index (χ1) is 9.47. The summed E-state index contributed by atoms with van der Waals surface area (Å²) >= 11 is 0. The summed E-state index contributed by atoms with van der Waals surface area (Å²) in [5.74, 6) is -0.814. The van der Waals surface area contributed by atoms with Crippen LogP contribution in [0.1, 0.15) is 27.6 Å². The number of hydrogen-bond donors (Lipinski definition) is 3. The molecule has 0 aliphatic heterocycles. The van der Waals surface area contributed by atoms with Gasteiger partial charge in [-0.2, -0.15) is 0 Å². The van der Waals surface area contributed by atoms with Crippen LogP contribution in [-0.2, 0) is 0 Å². The summed E-state index contributed by atoms with van der Waals surface area (Å²) in [6.07, 6.45) is 1.03. The van der Waals surface area contributed by atoms with E-state index in [0.29, 0.717) is 11.3 Å². The summed E-state index contributed by atoms with van der Waals surface area (Å²) in [6, 6.07) is 6.32. The van der Waals surface area contributed by atoms with E-state index < -0.39 is 17.2 Å². The minimum Gasteiger partial charge on any atom is -0.322 e. The zero-order valence-corrected chi connectivity index (χ0v) is 10.5. The van der Waals surface area contributed by atoms with Crippen LogP contribution >= 0.6 is 0 Å². The van der Waals surface area contributed by atoms with Crippen LogP contribution in [0.3, 0.4) is 0 Å². The number of anilines is 1. The maximum Gasteiger partial charge on any atom is 0.325 e. The molecule has 0 fully saturated rings. The molecular weight excluding hydrogens is 262 g/mol. The van der Waals surface area contributed by atoms with E-state index in [2.05, 4.69) is 10.3 Å². The number of aromatic nitrogens is 2. The molecule has 20 heavy (non-hydrogen) atoms. The molecule has 102 valence electrons. The number of H-pyrrole nitrogens is 2. The van der Waals surface area contributed by atoms with Gasteiger partial charge in [-0.1, -0.05) is 12.1 Å². The van der Waals surface area contributed by atoms with Crippen molar-refractivity contribution in [2.45, 2.75) is 6.92 Å². The smallest absolute Gasteiger partial charge is 0.322 e. The summed E-state index contributed by atoms with van der Waals surface area (Å²) in [5.41, 5.74) is -0.872. The molecule has 1 aromatic carbocycles. The van der Waals surface area contributed by atoms with E-state index in [1.807, 2.05) is 4.98 Å². The van der Waals surface area contributed by atoms with Crippen LogP contribution in [-0.4, -0.2) is 21.7 Å². The van der Waals surface area contributed by atoms with Gasteiger partial charge in [0.25, 0.3) is 11.5 Å². The number of amides is 1. The molecule has 0 radical (unpaired) electrons.